The van der Waals surface area contributed by atoms with Crippen molar-refractivity contribution in [1.29, 1.82) is 0 Å². The molecule has 0 bridgehead atoms. The van der Waals surface area contributed by atoms with Crippen LogP contribution in [0.2, 0.25) is 0 Å². The SMILES string of the molecule is CCNC(c1cc(F)cc(F)c1)c1cc(F)c(F)c(F)c1. The summed E-state index contributed by atoms with van der Waals surface area (Å²) in [5.74, 6) is -5.92. The van der Waals surface area contributed by atoms with Crippen molar-refractivity contribution in [2.24, 2.45) is 0 Å². The predicted molar refractivity (Wildman–Crippen MR) is 68.2 cm³/mol. The summed E-state index contributed by atoms with van der Waals surface area (Å²) >= 11 is 0. The van der Waals surface area contributed by atoms with Gasteiger partial charge in [-0.1, -0.05) is 6.92 Å². The van der Waals surface area contributed by atoms with Crippen LogP contribution in [-0.4, -0.2) is 6.54 Å². The summed E-state index contributed by atoms with van der Waals surface area (Å²) in [4.78, 5) is 0. The predicted octanol–water partition coefficient (Wildman–Crippen LogP) is 4.08. The highest BCUT2D eigenvalue weighted by Gasteiger charge is 2.19. The Morgan fingerprint density at radius 3 is 1.76 bits per heavy atom. The molecule has 2 aromatic rings. The van der Waals surface area contributed by atoms with E-state index in [1.54, 1.807) is 6.92 Å². The summed E-state index contributed by atoms with van der Waals surface area (Å²) in [5.41, 5.74) is 0.193. The average Bonchev–Trinajstić information content (AvgIpc) is 2.40. The Labute approximate surface area is 118 Å². The van der Waals surface area contributed by atoms with Gasteiger partial charge in [-0.3, -0.25) is 0 Å². The lowest BCUT2D eigenvalue weighted by Gasteiger charge is -2.19. The highest BCUT2D eigenvalue weighted by molar-refractivity contribution is 5.33. The number of nitrogens with one attached hydrogen (secondary N) is 1. The second kappa shape index (κ2) is 6.22. The third kappa shape index (κ3) is 3.39. The largest absolute Gasteiger partial charge is 0.307 e. The maximum atomic E-state index is 13.3. The summed E-state index contributed by atoms with van der Waals surface area (Å²) < 4.78 is 66.2. The van der Waals surface area contributed by atoms with Gasteiger partial charge in [-0.15, -0.1) is 0 Å². The van der Waals surface area contributed by atoms with E-state index >= 15 is 0 Å². The van der Waals surface area contributed by atoms with E-state index in [1.165, 1.54) is 0 Å². The molecule has 0 saturated carbocycles. The van der Waals surface area contributed by atoms with Crippen molar-refractivity contribution in [3.05, 3.63) is 70.5 Å². The summed E-state index contributed by atoms with van der Waals surface area (Å²) in [5, 5.41) is 2.85. The van der Waals surface area contributed by atoms with Gasteiger partial charge in [-0.25, -0.2) is 22.0 Å². The van der Waals surface area contributed by atoms with E-state index in [0.717, 1.165) is 24.3 Å². The fourth-order valence-electron chi connectivity index (χ4n) is 2.12. The van der Waals surface area contributed by atoms with Crippen molar-refractivity contribution < 1.29 is 22.0 Å². The first-order chi connectivity index (χ1) is 9.92. The van der Waals surface area contributed by atoms with Crippen molar-refractivity contribution in [2.75, 3.05) is 6.54 Å². The molecule has 0 saturated heterocycles. The van der Waals surface area contributed by atoms with Crippen LogP contribution in [0.3, 0.4) is 0 Å². The quantitative estimate of drug-likeness (QED) is 0.663. The standard InChI is InChI=1S/C15H12F5N/c1-2-21-15(8-3-10(16)7-11(17)4-8)9-5-12(18)14(20)13(19)6-9/h3-7,15,21H,2H2,1H3. The van der Waals surface area contributed by atoms with E-state index in [-0.39, 0.29) is 11.1 Å². The van der Waals surface area contributed by atoms with Crippen molar-refractivity contribution in [3.8, 4) is 0 Å². The molecule has 0 amide bonds. The molecule has 1 atom stereocenters. The van der Waals surface area contributed by atoms with Crippen LogP contribution < -0.4 is 5.32 Å². The van der Waals surface area contributed by atoms with Crippen LogP contribution in [0.1, 0.15) is 24.1 Å². The highest BCUT2D eigenvalue weighted by Crippen LogP contribution is 2.26. The van der Waals surface area contributed by atoms with Gasteiger partial charge in [-0.05, 0) is 41.9 Å². The molecule has 6 heteroatoms. The minimum absolute atomic E-state index is 0.0400. The molecule has 0 aliphatic rings. The lowest BCUT2D eigenvalue weighted by molar-refractivity contribution is 0.442. The Morgan fingerprint density at radius 2 is 1.29 bits per heavy atom. The van der Waals surface area contributed by atoms with E-state index in [4.69, 9.17) is 0 Å². The van der Waals surface area contributed by atoms with E-state index in [2.05, 4.69) is 5.32 Å². The van der Waals surface area contributed by atoms with E-state index in [9.17, 15) is 22.0 Å². The number of hydrogen-bond acceptors (Lipinski definition) is 1. The van der Waals surface area contributed by atoms with Gasteiger partial charge in [0.25, 0.3) is 0 Å². The second-order valence-electron chi connectivity index (χ2n) is 4.49. The molecule has 0 aliphatic heterocycles. The zero-order valence-electron chi connectivity index (χ0n) is 11.1. The monoisotopic (exact) mass is 301 g/mol. The lowest BCUT2D eigenvalue weighted by Crippen LogP contribution is -2.23. The molecule has 112 valence electrons. The van der Waals surface area contributed by atoms with Gasteiger partial charge in [0.2, 0.25) is 0 Å². The minimum Gasteiger partial charge on any atom is -0.307 e. The van der Waals surface area contributed by atoms with Crippen molar-refractivity contribution >= 4 is 0 Å². The average molecular weight is 301 g/mol. The van der Waals surface area contributed by atoms with E-state index < -0.39 is 35.1 Å². The normalized spacial score (nSPS) is 12.5. The molecule has 0 fully saturated rings. The topological polar surface area (TPSA) is 12.0 Å². The number of hydrogen-bond donors (Lipinski definition) is 1. The summed E-state index contributed by atoms with van der Waals surface area (Å²) in [6, 6.07) is 3.54. The maximum absolute atomic E-state index is 13.3. The van der Waals surface area contributed by atoms with Crippen molar-refractivity contribution in [2.45, 2.75) is 13.0 Å². The molecule has 2 aromatic carbocycles. The molecule has 1 N–H and O–H groups in total. The molecular weight excluding hydrogens is 289 g/mol. The summed E-state index contributed by atoms with van der Waals surface area (Å²) in [6.45, 7) is 2.10. The molecule has 1 unspecified atom stereocenters. The summed E-state index contributed by atoms with van der Waals surface area (Å²) in [7, 11) is 0. The fraction of sp³-hybridized carbons (Fsp3) is 0.200. The zero-order valence-corrected chi connectivity index (χ0v) is 11.1. The van der Waals surface area contributed by atoms with E-state index in [1.807, 2.05) is 0 Å². The first kappa shape index (κ1) is 15.4. The zero-order chi connectivity index (χ0) is 15.6. The van der Waals surface area contributed by atoms with Crippen molar-refractivity contribution in [1.82, 2.24) is 5.32 Å². The summed E-state index contributed by atoms with van der Waals surface area (Å²) in [6.07, 6.45) is 0. The third-order valence-electron chi connectivity index (χ3n) is 2.97. The van der Waals surface area contributed by atoms with Gasteiger partial charge in [0.1, 0.15) is 11.6 Å². The maximum Gasteiger partial charge on any atom is 0.194 e. The first-order valence-corrected chi connectivity index (χ1v) is 6.26. The molecule has 1 nitrogen and oxygen atoms in total. The van der Waals surface area contributed by atoms with E-state index in [0.29, 0.717) is 12.6 Å². The van der Waals surface area contributed by atoms with Crippen LogP contribution in [0.15, 0.2) is 30.3 Å². The van der Waals surface area contributed by atoms with Gasteiger partial charge >= 0.3 is 0 Å². The molecular formula is C15H12F5N. The van der Waals surface area contributed by atoms with Gasteiger partial charge in [0.15, 0.2) is 17.5 Å². The Balaban J connectivity index is 2.53. The van der Waals surface area contributed by atoms with Crippen LogP contribution in [0.5, 0.6) is 0 Å². The Kier molecular flexibility index (Phi) is 4.57. The minimum atomic E-state index is -1.58. The lowest BCUT2D eigenvalue weighted by atomic mass is 9.98. The first-order valence-electron chi connectivity index (χ1n) is 6.26. The molecule has 2 rings (SSSR count). The van der Waals surface area contributed by atoms with Crippen molar-refractivity contribution in [3.63, 3.8) is 0 Å². The molecule has 0 aromatic heterocycles. The number of halogens is 5. The van der Waals surface area contributed by atoms with Crippen LogP contribution in [0, 0.1) is 29.1 Å². The van der Waals surface area contributed by atoms with Crippen LogP contribution in [0.4, 0.5) is 22.0 Å². The van der Waals surface area contributed by atoms with Crippen LogP contribution >= 0.6 is 0 Å². The molecule has 0 aliphatic carbocycles. The Morgan fingerprint density at radius 1 is 0.810 bits per heavy atom. The third-order valence-corrected chi connectivity index (χ3v) is 2.97. The molecule has 0 spiro atoms. The van der Waals surface area contributed by atoms with Crippen LogP contribution in [-0.2, 0) is 0 Å². The fourth-order valence-corrected chi connectivity index (χ4v) is 2.12. The number of rotatable bonds is 4. The highest BCUT2D eigenvalue weighted by atomic mass is 19.2. The Bertz CT molecular complexity index is 613. The molecule has 21 heavy (non-hydrogen) atoms. The Hall–Kier alpha value is -1.95. The van der Waals surface area contributed by atoms with Gasteiger partial charge in [0.05, 0.1) is 6.04 Å². The second-order valence-corrected chi connectivity index (χ2v) is 4.49. The van der Waals surface area contributed by atoms with Gasteiger partial charge < -0.3 is 5.32 Å². The van der Waals surface area contributed by atoms with Crippen LogP contribution in [0.25, 0.3) is 0 Å². The van der Waals surface area contributed by atoms with Gasteiger partial charge in [0, 0.05) is 6.07 Å². The molecule has 0 radical (unpaired) electrons. The van der Waals surface area contributed by atoms with Gasteiger partial charge in [-0.2, -0.15) is 0 Å². The smallest absolute Gasteiger partial charge is 0.194 e. The number of benzene rings is 2. The molecule has 0 heterocycles.